The lowest BCUT2D eigenvalue weighted by Gasteiger charge is -2.03. The van der Waals surface area contributed by atoms with Gasteiger partial charge in [0.15, 0.2) is 5.11 Å². The molecule has 1 aliphatic heterocycles. The first kappa shape index (κ1) is 14.0. The number of nitrogens with one attached hydrogen (secondary N) is 2. The van der Waals surface area contributed by atoms with E-state index in [0.717, 1.165) is 12.1 Å². The van der Waals surface area contributed by atoms with Crippen LogP contribution >= 0.6 is 12.2 Å². The number of thiocarbonyl (C=S) groups is 1. The van der Waals surface area contributed by atoms with Crippen molar-refractivity contribution in [3.8, 4) is 0 Å². The zero-order chi connectivity index (χ0) is 16.0. The molecule has 4 rings (SSSR count). The number of benzene rings is 2. The van der Waals surface area contributed by atoms with Gasteiger partial charge in [-0.1, -0.05) is 24.3 Å². The number of amides is 1. The van der Waals surface area contributed by atoms with Crippen molar-refractivity contribution in [2.45, 2.75) is 13.5 Å². The summed E-state index contributed by atoms with van der Waals surface area (Å²) in [4.78, 5) is 11.8. The summed E-state index contributed by atoms with van der Waals surface area (Å²) in [5.41, 5.74) is 3.88. The van der Waals surface area contributed by atoms with E-state index in [2.05, 4.69) is 58.5 Å². The van der Waals surface area contributed by atoms with E-state index in [-0.39, 0.29) is 5.91 Å². The van der Waals surface area contributed by atoms with Crippen molar-refractivity contribution in [1.82, 2.24) is 15.2 Å². The Balaban J connectivity index is 1.92. The molecular formula is C18H15N3OS. The third-order valence-corrected chi connectivity index (χ3v) is 4.35. The van der Waals surface area contributed by atoms with Crippen molar-refractivity contribution >= 4 is 51.1 Å². The highest BCUT2D eigenvalue weighted by molar-refractivity contribution is 7.80. The van der Waals surface area contributed by atoms with Gasteiger partial charge in [-0.2, -0.15) is 0 Å². The minimum atomic E-state index is -0.189. The van der Waals surface area contributed by atoms with Gasteiger partial charge in [0.05, 0.1) is 0 Å². The quantitative estimate of drug-likeness (QED) is 0.563. The molecule has 3 aromatic rings. The summed E-state index contributed by atoms with van der Waals surface area (Å²) in [6, 6.07) is 14.6. The van der Waals surface area contributed by atoms with Gasteiger partial charge in [-0.15, -0.1) is 0 Å². The molecule has 0 atom stereocenters. The van der Waals surface area contributed by atoms with Gasteiger partial charge in [-0.3, -0.25) is 10.1 Å². The average molecular weight is 321 g/mol. The maximum absolute atomic E-state index is 11.8. The largest absolute Gasteiger partial charge is 0.341 e. The Labute approximate surface area is 138 Å². The molecule has 4 nitrogen and oxygen atoms in total. The standard InChI is InChI=1S/C18H15N3OS/c1-2-21-15-6-4-3-5-12(15)13-9-11(7-8-16(13)21)10-14-17(22)20-18(23)19-14/h3-10H,2H2,1H3,(H2,19,20,22,23)/b14-10-. The molecule has 114 valence electrons. The van der Waals surface area contributed by atoms with Gasteiger partial charge in [0.2, 0.25) is 0 Å². The van der Waals surface area contributed by atoms with E-state index in [1.54, 1.807) is 0 Å². The number of fused-ring (bicyclic) bond motifs is 3. The highest BCUT2D eigenvalue weighted by Crippen LogP contribution is 2.30. The van der Waals surface area contributed by atoms with Crippen molar-refractivity contribution in [3.63, 3.8) is 0 Å². The molecule has 0 aliphatic carbocycles. The lowest BCUT2D eigenvalue weighted by Crippen LogP contribution is -2.21. The number of aromatic nitrogens is 1. The number of hydrogen-bond donors (Lipinski definition) is 2. The van der Waals surface area contributed by atoms with E-state index in [9.17, 15) is 4.79 Å². The number of carbonyl (C=O) groups excluding carboxylic acids is 1. The Morgan fingerprint density at radius 1 is 1.09 bits per heavy atom. The molecule has 1 fully saturated rings. The molecule has 1 aromatic heterocycles. The van der Waals surface area contributed by atoms with Crippen LogP contribution < -0.4 is 10.6 Å². The van der Waals surface area contributed by atoms with Crippen LogP contribution in [0.1, 0.15) is 12.5 Å². The second kappa shape index (κ2) is 5.21. The molecule has 1 aliphatic rings. The zero-order valence-corrected chi connectivity index (χ0v) is 13.4. The molecule has 0 saturated carbocycles. The maximum Gasteiger partial charge on any atom is 0.273 e. The van der Waals surface area contributed by atoms with Crippen molar-refractivity contribution in [1.29, 1.82) is 0 Å². The van der Waals surface area contributed by atoms with Crippen LogP contribution in [0.2, 0.25) is 0 Å². The molecule has 2 aromatic carbocycles. The number of rotatable bonds is 2. The predicted molar refractivity (Wildman–Crippen MR) is 97.0 cm³/mol. The highest BCUT2D eigenvalue weighted by atomic mass is 32.1. The van der Waals surface area contributed by atoms with E-state index in [0.29, 0.717) is 10.8 Å². The molecule has 2 heterocycles. The molecule has 5 heteroatoms. The summed E-state index contributed by atoms with van der Waals surface area (Å²) in [6.07, 6.45) is 1.83. The Kier molecular flexibility index (Phi) is 3.16. The molecule has 1 amide bonds. The fourth-order valence-electron chi connectivity index (χ4n) is 3.15. The Morgan fingerprint density at radius 3 is 2.61 bits per heavy atom. The average Bonchev–Trinajstić information content (AvgIpc) is 3.04. The lowest BCUT2D eigenvalue weighted by molar-refractivity contribution is -0.115. The summed E-state index contributed by atoms with van der Waals surface area (Å²) >= 11 is 4.96. The number of carbonyl (C=O) groups is 1. The van der Waals surface area contributed by atoms with Crippen LogP contribution in [0.3, 0.4) is 0 Å². The third-order valence-electron chi connectivity index (χ3n) is 4.14. The monoisotopic (exact) mass is 321 g/mol. The fourth-order valence-corrected chi connectivity index (χ4v) is 3.35. The number of aryl methyl sites for hydroxylation is 1. The smallest absolute Gasteiger partial charge is 0.273 e. The molecule has 1 saturated heterocycles. The van der Waals surface area contributed by atoms with Crippen molar-refractivity contribution in [2.24, 2.45) is 0 Å². The number of hydrogen-bond acceptors (Lipinski definition) is 2. The molecular weight excluding hydrogens is 306 g/mol. The van der Waals surface area contributed by atoms with Crippen molar-refractivity contribution in [2.75, 3.05) is 0 Å². The lowest BCUT2D eigenvalue weighted by atomic mass is 10.1. The minimum absolute atomic E-state index is 0.189. The molecule has 0 radical (unpaired) electrons. The maximum atomic E-state index is 11.8. The number of para-hydroxylation sites is 1. The molecule has 23 heavy (non-hydrogen) atoms. The first-order valence-corrected chi connectivity index (χ1v) is 7.93. The second-order valence-electron chi connectivity index (χ2n) is 5.50. The molecule has 0 unspecified atom stereocenters. The van der Waals surface area contributed by atoms with Gasteiger partial charge >= 0.3 is 0 Å². The van der Waals surface area contributed by atoms with Gasteiger partial charge in [-0.05, 0) is 49.0 Å². The highest BCUT2D eigenvalue weighted by Gasteiger charge is 2.20. The van der Waals surface area contributed by atoms with Gasteiger partial charge in [-0.25, -0.2) is 0 Å². The Hall–Kier alpha value is -2.66. The Morgan fingerprint density at radius 2 is 1.87 bits per heavy atom. The fraction of sp³-hybridized carbons (Fsp3) is 0.111. The van der Waals surface area contributed by atoms with Crippen LogP contribution in [-0.2, 0) is 11.3 Å². The normalized spacial score (nSPS) is 16.3. The summed E-state index contributed by atoms with van der Waals surface area (Å²) in [6.45, 7) is 3.07. The molecule has 2 N–H and O–H groups in total. The van der Waals surface area contributed by atoms with E-state index in [1.165, 1.54) is 21.8 Å². The third kappa shape index (κ3) is 2.21. The van der Waals surface area contributed by atoms with E-state index in [1.807, 2.05) is 12.1 Å². The van der Waals surface area contributed by atoms with Crippen molar-refractivity contribution < 1.29 is 4.79 Å². The summed E-state index contributed by atoms with van der Waals surface area (Å²) in [5, 5.41) is 8.23. The summed E-state index contributed by atoms with van der Waals surface area (Å²) in [5.74, 6) is -0.189. The van der Waals surface area contributed by atoms with Crippen LogP contribution in [0, 0.1) is 0 Å². The van der Waals surface area contributed by atoms with Crippen LogP contribution in [0.25, 0.3) is 27.9 Å². The topological polar surface area (TPSA) is 46.1 Å². The van der Waals surface area contributed by atoms with Gasteiger partial charge < -0.3 is 9.88 Å². The van der Waals surface area contributed by atoms with Crippen LogP contribution in [0.4, 0.5) is 0 Å². The summed E-state index contributed by atoms with van der Waals surface area (Å²) in [7, 11) is 0. The van der Waals surface area contributed by atoms with Crippen LogP contribution in [0.5, 0.6) is 0 Å². The molecule has 0 spiro atoms. The van der Waals surface area contributed by atoms with E-state index < -0.39 is 0 Å². The van der Waals surface area contributed by atoms with Gasteiger partial charge in [0, 0.05) is 28.4 Å². The predicted octanol–water partition coefficient (Wildman–Crippen LogP) is 3.16. The molecule has 0 bridgehead atoms. The van der Waals surface area contributed by atoms with Crippen LogP contribution in [-0.4, -0.2) is 15.6 Å². The van der Waals surface area contributed by atoms with E-state index in [4.69, 9.17) is 12.2 Å². The van der Waals surface area contributed by atoms with Gasteiger partial charge in [0.1, 0.15) is 5.70 Å². The first-order valence-electron chi connectivity index (χ1n) is 7.52. The minimum Gasteiger partial charge on any atom is -0.341 e. The first-order chi connectivity index (χ1) is 11.2. The number of nitrogens with zero attached hydrogens (tertiary/aromatic N) is 1. The SMILES string of the molecule is CCn1c2ccccc2c2cc(/C=C3\NC(=S)NC3=O)ccc21. The summed E-state index contributed by atoms with van der Waals surface area (Å²) < 4.78 is 2.30. The zero-order valence-electron chi connectivity index (χ0n) is 12.6. The van der Waals surface area contributed by atoms with Gasteiger partial charge in [0.25, 0.3) is 5.91 Å². The van der Waals surface area contributed by atoms with E-state index >= 15 is 0 Å². The second-order valence-corrected chi connectivity index (χ2v) is 5.91. The van der Waals surface area contributed by atoms with Crippen molar-refractivity contribution in [3.05, 3.63) is 53.7 Å². The Bertz CT molecular complexity index is 1000. The van der Waals surface area contributed by atoms with Crippen LogP contribution in [0.15, 0.2) is 48.2 Å².